The van der Waals surface area contributed by atoms with E-state index < -0.39 is 17.8 Å². The Morgan fingerprint density at radius 3 is 2.50 bits per heavy atom. The number of fused-ring (bicyclic) bond motifs is 1. The number of imidazole rings is 1. The second-order valence-corrected chi connectivity index (χ2v) is 7.22. The highest BCUT2D eigenvalue weighted by molar-refractivity contribution is 9.10. The average Bonchev–Trinajstić information content (AvgIpc) is 3.18. The van der Waals surface area contributed by atoms with E-state index in [4.69, 9.17) is 0 Å². The molecule has 0 aliphatic heterocycles. The Hall–Kier alpha value is -3.40. The van der Waals surface area contributed by atoms with Crippen molar-refractivity contribution in [1.29, 1.82) is 0 Å². The minimum atomic E-state index is -4.60. The van der Waals surface area contributed by atoms with Gasteiger partial charge in [0.05, 0.1) is 23.1 Å². The lowest BCUT2D eigenvalue weighted by atomic mass is 10.1. The molecular formula is C20H13BrF3N5O. The van der Waals surface area contributed by atoms with Gasteiger partial charge in [-0.2, -0.15) is 13.2 Å². The van der Waals surface area contributed by atoms with Crippen molar-refractivity contribution in [3.8, 4) is 11.1 Å². The summed E-state index contributed by atoms with van der Waals surface area (Å²) in [5.74, 6) is 0. The molecule has 0 atom stereocenters. The summed E-state index contributed by atoms with van der Waals surface area (Å²) in [6.07, 6.45) is -1.40. The third kappa shape index (κ3) is 4.13. The number of carbonyl (C=O) groups is 1. The molecule has 0 aliphatic carbocycles. The lowest BCUT2D eigenvalue weighted by Crippen LogP contribution is -2.21. The largest absolute Gasteiger partial charge is 0.418 e. The first-order valence-corrected chi connectivity index (χ1v) is 9.44. The number of aromatic amines is 1. The van der Waals surface area contributed by atoms with Crippen molar-refractivity contribution < 1.29 is 18.0 Å². The fraction of sp³-hybridized carbons (Fsp3) is 0.0500. The molecule has 4 aromatic rings. The third-order valence-electron chi connectivity index (χ3n) is 4.32. The molecule has 0 spiro atoms. The van der Waals surface area contributed by atoms with Crippen LogP contribution < -0.4 is 10.6 Å². The molecule has 6 nitrogen and oxygen atoms in total. The molecule has 152 valence electrons. The number of alkyl halides is 3. The quantitative estimate of drug-likeness (QED) is 0.337. The Labute approximate surface area is 176 Å². The fourth-order valence-corrected chi connectivity index (χ4v) is 3.33. The number of H-pyrrole nitrogens is 1. The van der Waals surface area contributed by atoms with Crippen LogP contribution in [0.25, 0.3) is 22.3 Å². The van der Waals surface area contributed by atoms with Crippen molar-refractivity contribution >= 4 is 44.5 Å². The molecule has 2 amide bonds. The number of halogens is 4. The predicted octanol–water partition coefficient (Wildman–Crippen LogP) is 6.05. The zero-order valence-electron chi connectivity index (χ0n) is 15.1. The number of hydrogen-bond donors (Lipinski definition) is 3. The molecule has 2 heterocycles. The first-order valence-electron chi connectivity index (χ1n) is 8.64. The van der Waals surface area contributed by atoms with E-state index >= 15 is 0 Å². The van der Waals surface area contributed by atoms with Crippen LogP contribution in [-0.4, -0.2) is 21.0 Å². The number of pyridine rings is 1. The van der Waals surface area contributed by atoms with Crippen LogP contribution in [0.5, 0.6) is 0 Å². The summed E-state index contributed by atoms with van der Waals surface area (Å²) in [4.78, 5) is 23.5. The van der Waals surface area contributed by atoms with Crippen LogP contribution in [0.15, 0.2) is 65.5 Å². The summed E-state index contributed by atoms with van der Waals surface area (Å²) in [6.45, 7) is 0. The van der Waals surface area contributed by atoms with Gasteiger partial charge in [-0.25, -0.2) is 14.8 Å². The number of amides is 2. The van der Waals surface area contributed by atoms with Crippen LogP contribution >= 0.6 is 15.9 Å². The van der Waals surface area contributed by atoms with E-state index in [0.29, 0.717) is 11.3 Å². The van der Waals surface area contributed by atoms with Crippen LogP contribution in [0.1, 0.15) is 5.56 Å². The minimum absolute atomic E-state index is 0.263. The van der Waals surface area contributed by atoms with Gasteiger partial charge in [-0.3, -0.25) is 0 Å². The molecule has 0 radical (unpaired) electrons. The lowest BCUT2D eigenvalue weighted by molar-refractivity contribution is -0.136. The number of anilines is 2. The van der Waals surface area contributed by atoms with Crippen molar-refractivity contribution in [2.24, 2.45) is 0 Å². The molecule has 0 saturated carbocycles. The third-order valence-corrected chi connectivity index (χ3v) is 4.81. The molecular weight excluding hydrogens is 463 g/mol. The second kappa shape index (κ2) is 7.79. The number of urea groups is 1. The summed E-state index contributed by atoms with van der Waals surface area (Å²) < 4.78 is 39.8. The standard InChI is InChI=1S/C20H13BrF3N5O/c21-12-3-6-16(15(9-12)20(22,23)24)29-19(30)28-13-4-1-11(2-5-13)14-7-8-25-18-17(14)26-10-27-18/h1-10H,(H,25,26,27)(H2,28,29,30). The van der Waals surface area contributed by atoms with Crippen molar-refractivity contribution in [1.82, 2.24) is 15.0 Å². The van der Waals surface area contributed by atoms with E-state index in [0.717, 1.165) is 22.7 Å². The van der Waals surface area contributed by atoms with E-state index in [9.17, 15) is 18.0 Å². The van der Waals surface area contributed by atoms with Crippen LogP contribution in [0.3, 0.4) is 0 Å². The zero-order valence-corrected chi connectivity index (χ0v) is 16.7. The number of benzene rings is 2. The monoisotopic (exact) mass is 475 g/mol. The molecule has 2 aromatic heterocycles. The molecule has 4 rings (SSSR count). The summed E-state index contributed by atoms with van der Waals surface area (Å²) >= 11 is 3.01. The molecule has 3 N–H and O–H groups in total. The molecule has 0 fully saturated rings. The van der Waals surface area contributed by atoms with Crippen molar-refractivity contribution in [3.63, 3.8) is 0 Å². The highest BCUT2D eigenvalue weighted by Gasteiger charge is 2.34. The summed E-state index contributed by atoms with van der Waals surface area (Å²) in [6, 6.07) is 11.5. The number of hydrogen-bond acceptors (Lipinski definition) is 3. The van der Waals surface area contributed by atoms with Gasteiger partial charge in [-0.15, -0.1) is 0 Å². The number of nitrogens with one attached hydrogen (secondary N) is 3. The molecule has 10 heteroatoms. The average molecular weight is 476 g/mol. The normalized spacial score (nSPS) is 11.5. The first kappa shape index (κ1) is 19.9. The lowest BCUT2D eigenvalue weighted by Gasteiger charge is -2.15. The van der Waals surface area contributed by atoms with E-state index in [1.807, 2.05) is 6.07 Å². The number of rotatable bonds is 3. The summed E-state index contributed by atoms with van der Waals surface area (Å²) in [5, 5.41) is 4.78. The van der Waals surface area contributed by atoms with E-state index in [-0.39, 0.29) is 10.2 Å². The fourth-order valence-electron chi connectivity index (χ4n) is 2.97. The van der Waals surface area contributed by atoms with Crippen LogP contribution in [0.4, 0.5) is 29.3 Å². The van der Waals surface area contributed by atoms with Crippen LogP contribution in [-0.2, 0) is 6.18 Å². The van der Waals surface area contributed by atoms with Gasteiger partial charge in [0.2, 0.25) is 0 Å². The summed E-state index contributed by atoms with van der Waals surface area (Å²) in [5.41, 5.74) is 2.27. The highest BCUT2D eigenvalue weighted by atomic mass is 79.9. The van der Waals surface area contributed by atoms with Gasteiger partial charge in [-0.1, -0.05) is 28.1 Å². The zero-order chi connectivity index (χ0) is 21.3. The van der Waals surface area contributed by atoms with E-state index in [1.54, 1.807) is 36.8 Å². The van der Waals surface area contributed by atoms with Gasteiger partial charge in [0.1, 0.15) is 0 Å². The predicted molar refractivity (Wildman–Crippen MR) is 111 cm³/mol. The molecule has 0 bridgehead atoms. The molecule has 2 aromatic carbocycles. The molecule has 30 heavy (non-hydrogen) atoms. The Morgan fingerprint density at radius 1 is 1.00 bits per heavy atom. The first-order chi connectivity index (χ1) is 14.3. The number of aromatic nitrogens is 3. The smallest absolute Gasteiger partial charge is 0.343 e. The topological polar surface area (TPSA) is 82.7 Å². The van der Waals surface area contributed by atoms with Crippen molar-refractivity contribution in [3.05, 3.63) is 71.1 Å². The maximum absolute atomic E-state index is 13.2. The molecule has 0 aliphatic rings. The van der Waals surface area contributed by atoms with Gasteiger partial charge in [0.25, 0.3) is 0 Å². The van der Waals surface area contributed by atoms with E-state index in [2.05, 4.69) is 41.5 Å². The van der Waals surface area contributed by atoms with Crippen molar-refractivity contribution in [2.75, 3.05) is 10.6 Å². The number of nitrogens with zero attached hydrogens (tertiary/aromatic N) is 2. The van der Waals surface area contributed by atoms with E-state index in [1.165, 1.54) is 12.1 Å². The Balaban J connectivity index is 1.51. The van der Waals surface area contributed by atoms with Gasteiger partial charge in [0, 0.05) is 21.9 Å². The second-order valence-electron chi connectivity index (χ2n) is 6.30. The molecule has 0 unspecified atom stereocenters. The summed E-state index contributed by atoms with van der Waals surface area (Å²) in [7, 11) is 0. The van der Waals surface area contributed by atoms with Gasteiger partial charge < -0.3 is 15.6 Å². The van der Waals surface area contributed by atoms with Crippen LogP contribution in [0.2, 0.25) is 0 Å². The van der Waals surface area contributed by atoms with Crippen molar-refractivity contribution in [2.45, 2.75) is 6.18 Å². The Kier molecular flexibility index (Phi) is 5.17. The van der Waals surface area contributed by atoms with Gasteiger partial charge in [0.15, 0.2) is 5.65 Å². The number of carbonyl (C=O) groups excluding carboxylic acids is 1. The SMILES string of the molecule is O=C(Nc1ccc(-c2ccnc3nc[nH]c23)cc1)Nc1ccc(Br)cc1C(F)(F)F. The maximum Gasteiger partial charge on any atom is 0.418 e. The van der Waals surface area contributed by atoms with Gasteiger partial charge >= 0.3 is 12.2 Å². The minimum Gasteiger partial charge on any atom is -0.343 e. The van der Waals surface area contributed by atoms with Gasteiger partial charge in [-0.05, 0) is 42.0 Å². The molecule has 0 saturated heterocycles. The van der Waals surface area contributed by atoms with Crippen LogP contribution in [0, 0.1) is 0 Å². The highest BCUT2D eigenvalue weighted by Crippen LogP contribution is 2.36. The Bertz CT molecular complexity index is 1220. The Morgan fingerprint density at radius 2 is 1.77 bits per heavy atom. The maximum atomic E-state index is 13.2.